The first-order chi connectivity index (χ1) is 16.3. The molecule has 2 fully saturated rings. The maximum atomic E-state index is 13.3. The van der Waals surface area contributed by atoms with Gasteiger partial charge in [0, 0.05) is 19.0 Å². The zero-order valence-corrected chi connectivity index (χ0v) is 19.5. The highest BCUT2D eigenvalue weighted by Gasteiger charge is 2.61. The summed E-state index contributed by atoms with van der Waals surface area (Å²) in [5, 5.41) is 12.1. The van der Waals surface area contributed by atoms with Crippen molar-refractivity contribution >= 4 is 18.0 Å². The van der Waals surface area contributed by atoms with Gasteiger partial charge < -0.3 is 20.1 Å². The molecule has 2 amide bonds. The minimum absolute atomic E-state index is 0.0294. The molecule has 178 valence electrons. The van der Waals surface area contributed by atoms with Crippen molar-refractivity contribution in [2.45, 2.75) is 38.1 Å². The molecular weight excluding hydrogens is 432 g/mol. The second-order valence-corrected chi connectivity index (χ2v) is 9.93. The van der Waals surface area contributed by atoms with Crippen LogP contribution in [0, 0.1) is 17.8 Å². The van der Waals surface area contributed by atoms with Crippen LogP contribution in [0.3, 0.4) is 0 Å². The van der Waals surface area contributed by atoms with Gasteiger partial charge >= 0.3 is 12.1 Å². The monoisotopic (exact) mass is 462 g/mol. The molecule has 1 saturated heterocycles. The van der Waals surface area contributed by atoms with Crippen molar-refractivity contribution in [2.24, 2.45) is 17.8 Å². The molecule has 2 aromatic carbocycles. The number of fused-ring (bicyclic) bond motifs is 4. The molecule has 2 unspecified atom stereocenters. The lowest BCUT2D eigenvalue weighted by atomic mass is 9.94. The van der Waals surface area contributed by atoms with E-state index in [1.807, 2.05) is 31.2 Å². The molecule has 7 heteroatoms. The van der Waals surface area contributed by atoms with Gasteiger partial charge in [0.05, 0.1) is 5.92 Å². The van der Waals surface area contributed by atoms with Gasteiger partial charge in [-0.15, -0.1) is 0 Å². The number of hydrogen-bond donors (Lipinski definition) is 2. The van der Waals surface area contributed by atoms with E-state index in [1.165, 1.54) is 0 Å². The van der Waals surface area contributed by atoms with Crippen LogP contribution in [0.1, 0.15) is 43.7 Å². The molecule has 2 aliphatic carbocycles. The molecule has 34 heavy (non-hydrogen) atoms. The van der Waals surface area contributed by atoms with Gasteiger partial charge in [0.15, 0.2) is 0 Å². The number of alkyl carbamates (subject to hydrolysis) is 1. The zero-order valence-electron chi connectivity index (χ0n) is 19.5. The third-order valence-corrected chi connectivity index (χ3v) is 7.71. The normalized spacial score (nSPS) is 23.9. The molecule has 5 rings (SSSR count). The van der Waals surface area contributed by atoms with Gasteiger partial charge in [-0.1, -0.05) is 61.9 Å². The van der Waals surface area contributed by atoms with Gasteiger partial charge in [0.1, 0.15) is 12.1 Å². The average Bonchev–Trinajstić information content (AvgIpc) is 3.18. The molecule has 3 aliphatic rings. The summed E-state index contributed by atoms with van der Waals surface area (Å²) in [7, 11) is 0. The van der Waals surface area contributed by atoms with Crippen molar-refractivity contribution in [2.75, 3.05) is 19.7 Å². The number of nitrogens with one attached hydrogen (secondary N) is 1. The van der Waals surface area contributed by atoms with Crippen LogP contribution < -0.4 is 5.32 Å². The molecular formula is C27H30N2O5. The van der Waals surface area contributed by atoms with Crippen LogP contribution in [0.2, 0.25) is 0 Å². The number of carboxylic acid groups (broad SMARTS) is 1. The summed E-state index contributed by atoms with van der Waals surface area (Å²) >= 11 is 0. The average molecular weight is 463 g/mol. The van der Waals surface area contributed by atoms with E-state index >= 15 is 0 Å². The zero-order chi connectivity index (χ0) is 24.0. The summed E-state index contributed by atoms with van der Waals surface area (Å²) in [5.74, 6) is -1.28. The predicted molar refractivity (Wildman–Crippen MR) is 126 cm³/mol. The number of amides is 2. The van der Waals surface area contributed by atoms with E-state index in [0.717, 1.165) is 22.3 Å². The van der Waals surface area contributed by atoms with Crippen LogP contribution in [0.15, 0.2) is 48.5 Å². The Kier molecular flexibility index (Phi) is 5.58. The molecule has 2 N–H and O–H groups in total. The quantitative estimate of drug-likeness (QED) is 0.651. The molecule has 1 saturated carbocycles. The van der Waals surface area contributed by atoms with E-state index in [1.54, 1.807) is 11.8 Å². The number of rotatable bonds is 7. The van der Waals surface area contributed by atoms with Crippen molar-refractivity contribution in [3.05, 3.63) is 59.7 Å². The lowest BCUT2D eigenvalue weighted by Crippen LogP contribution is -2.58. The standard InChI is InChI=1S/C27H30N2O5/c1-3-12-27(2,25(32)29-13-20-21(14-29)23(20)24(30)31)28-26(33)34-15-22-18-10-6-4-8-16(18)17-9-5-7-11-19(17)22/h4-11,20-23H,3,12-15H2,1-2H3,(H,28,33)(H,30,31)/t20-,21+,23?,27?. The summed E-state index contributed by atoms with van der Waals surface area (Å²) in [6, 6.07) is 16.3. The van der Waals surface area contributed by atoms with E-state index in [9.17, 15) is 19.5 Å². The first kappa shape index (κ1) is 22.4. The van der Waals surface area contributed by atoms with Crippen molar-refractivity contribution in [3.8, 4) is 11.1 Å². The lowest BCUT2D eigenvalue weighted by Gasteiger charge is -2.34. The number of aliphatic carboxylic acids is 1. The largest absolute Gasteiger partial charge is 0.481 e. The number of hydrogen-bond acceptors (Lipinski definition) is 4. The molecule has 4 atom stereocenters. The summed E-state index contributed by atoms with van der Waals surface area (Å²) in [4.78, 5) is 39.2. The second-order valence-electron chi connectivity index (χ2n) is 9.93. The Morgan fingerprint density at radius 3 is 2.12 bits per heavy atom. The summed E-state index contributed by atoms with van der Waals surface area (Å²) in [6.45, 7) is 4.76. The van der Waals surface area contributed by atoms with Crippen molar-refractivity contribution in [1.82, 2.24) is 10.2 Å². The van der Waals surface area contributed by atoms with E-state index in [-0.39, 0.29) is 36.2 Å². The molecule has 7 nitrogen and oxygen atoms in total. The maximum absolute atomic E-state index is 13.3. The summed E-state index contributed by atoms with van der Waals surface area (Å²) in [6.07, 6.45) is 0.577. The van der Waals surface area contributed by atoms with Crippen molar-refractivity contribution < 1.29 is 24.2 Å². The van der Waals surface area contributed by atoms with Crippen LogP contribution in [0.5, 0.6) is 0 Å². The Hall–Kier alpha value is -3.35. The number of carbonyl (C=O) groups excluding carboxylic acids is 2. The minimum atomic E-state index is -1.09. The number of carbonyl (C=O) groups is 3. The van der Waals surface area contributed by atoms with E-state index in [0.29, 0.717) is 25.9 Å². The SMILES string of the molecule is CCCC(C)(NC(=O)OCC1c2ccccc2-c2ccccc21)C(=O)N1C[C@@H]2C(C(=O)O)[C@@H]2C1. The van der Waals surface area contributed by atoms with E-state index < -0.39 is 17.6 Å². The fourth-order valence-electron chi connectivity index (χ4n) is 5.99. The molecule has 0 spiro atoms. The highest BCUT2D eigenvalue weighted by atomic mass is 16.5. The first-order valence-electron chi connectivity index (χ1n) is 12.0. The third-order valence-electron chi connectivity index (χ3n) is 7.71. The maximum Gasteiger partial charge on any atom is 0.408 e. The number of piperidine rings is 1. The fourth-order valence-corrected chi connectivity index (χ4v) is 5.99. The Balaban J connectivity index is 1.24. The van der Waals surface area contributed by atoms with E-state index in [4.69, 9.17) is 4.74 Å². The Morgan fingerprint density at radius 1 is 1.03 bits per heavy atom. The molecule has 1 aliphatic heterocycles. The van der Waals surface area contributed by atoms with Crippen molar-refractivity contribution in [3.63, 3.8) is 0 Å². The smallest absolute Gasteiger partial charge is 0.408 e. The number of ether oxygens (including phenoxy) is 1. The lowest BCUT2D eigenvalue weighted by molar-refractivity contribution is -0.142. The third kappa shape index (κ3) is 3.73. The number of benzene rings is 2. The number of likely N-dealkylation sites (tertiary alicyclic amines) is 1. The van der Waals surface area contributed by atoms with Gasteiger partial charge in [-0.25, -0.2) is 4.79 Å². The Bertz CT molecular complexity index is 1090. The van der Waals surface area contributed by atoms with Crippen LogP contribution in [-0.4, -0.2) is 53.2 Å². The second kappa shape index (κ2) is 8.46. The number of nitrogens with zero attached hydrogens (tertiary/aromatic N) is 1. The Morgan fingerprint density at radius 2 is 1.59 bits per heavy atom. The summed E-state index contributed by atoms with van der Waals surface area (Å²) in [5.41, 5.74) is 3.49. The van der Waals surface area contributed by atoms with Crippen LogP contribution in [0.4, 0.5) is 4.79 Å². The molecule has 2 aromatic rings. The van der Waals surface area contributed by atoms with Gasteiger partial charge in [-0.3, -0.25) is 9.59 Å². The highest BCUT2D eigenvalue weighted by molar-refractivity contribution is 5.90. The van der Waals surface area contributed by atoms with Crippen LogP contribution >= 0.6 is 0 Å². The molecule has 0 aromatic heterocycles. The molecule has 1 heterocycles. The van der Waals surface area contributed by atoms with Gasteiger partial charge in [0.25, 0.3) is 0 Å². The van der Waals surface area contributed by atoms with Crippen LogP contribution in [0.25, 0.3) is 11.1 Å². The van der Waals surface area contributed by atoms with Gasteiger partial charge in [-0.05, 0) is 47.4 Å². The van der Waals surface area contributed by atoms with Gasteiger partial charge in [-0.2, -0.15) is 0 Å². The Labute approximate surface area is 199 Å². The first-order valence-corrected chi connectivity index (χ1v) is 12.0. The number of carboxylic acids is 1. The van der Waals surface area contributed by atoms with Crippen molar-refractivity contribution in [1.29, 1.82) is 0 Å². The van der Waals surface area contributed by atoms with Gasteiger partial charge in [0.2, 0.25) is 5.91 Å². The van der Waals surface area contributed by atoms with E-state index in [2.05, 4.69) is 29.6 Å². The topological polar surface area (TPSA) is 95.9 Å². The highest BCUT2D eigenvalue weighted by Crippen LogP contribution is 2.52. The predicted octanol–water partition coefficient (Wildman–Crippen LogP) is 3.87. The molecule has 0 bridgehead atoms. The van der Waals surface area contributed by atoms with Crippen LogP contribution in [-0.2, 0) is 14.3 Å². The fraction of sp³-hybridized carbons (Fsp3) is 0.444. The minimum Gasteiger partial charge on any atom is -0.481 e. The summed E-state index contributed by atoms with van der Waals surface area (Å²) < 4.78 is 5.67. The molecule has 0 radical (unpaired) electrons.